The van der Waals surface area contributed by atoms with Gasteiger partial charge < -0.3 is 4.90 Å². The third kappa shape index (κ3) is 3.09. The zero-order valence-electron chi connectivity index (χ0n) is 14.8. The first kappa shape index (κ1) is 17.4. The van der Waals surface area contributed by atoms with E-state index in [0.717, 1.165) is 57.8 Å². The van der Waals surface area contributed by atoms with Crippen LogP contribution in [0.5, 0.6) is 0 Å². The van der Waals surface area contributed by atoms with Gasteiger partial charge in [-0.15, -0.1) is 0 Å². The summed E-state index contributed by atoms with van der Waals surface area (Å²) in [5, 5.41) is 4.03. The molecule has 1 aromatic heterocycles. The van der Waals surface area contributed by atoms with Gasteiger partial charge in [0.2, 0.25) is 0 Å². The summed E-state index contributed by atoms with van der Waals surface area (Å²) in [5.41, 5.74) is 1.51. The van der Waals surface area contributed by atoms with Crippen molar-refractivity contribution in [3.63, 3.8) is 0 Å². The molecular weight excluding hydrogens is 341 g/mol. The van der Waals surface area contributed by atoms with E-state index in [1.54, 1.807) is 0 Å². The van der Waals surface area contributed by atoms with E-state index in [4.69, 9.17) is 0 Å². The quantitative estimate of drug-likeness (QED) is 0.826. The van der Waals surface area contributed by atoms with Gasteiger partial charge in [-0.05, 0) is 37.0 Å². The second-order valence-electron chi connectivity index (χ2n) is 7.15. The average molecular weight is 364 g/mol. The van der Waals surface area contributed by atoms with Crippen LogP contribution >= 0.6 is 0 Å². The molecule has 0 amide bonds. The van der Waals surface area contributed by atoms with Gasteiger partial charge in [0.1, 0.15) is 5.66 Å². The Labute approximate surface area is 151 Å². The number of hydrogen-bond acceptors (Lipinski definition) is 3. The molecule has 0 radical (unpaired) electrons. The molecule has 2 heterocycles. The zero-order valence-corrected chi connectivity index (χ0v) is 14.8. The molecule has 2 aromatic rings. The molecule has 7 heteroatoms. The van der Waals surface area contributed by atoms with E-state index in [0.29, 0.717) is 0 Å². The minimum Gasteiger partial charge on any atom is -0.369 e. The number of rotatable bonds is 4. The van der Waals surface area contributed by atoms with Crippen molar-refractivity contribution in [1.82, 2.24) is 14.7 Å². The maximum absolute atomic E-state index is 12.9. The second-order valence-corrected chi connectivity index (χ2v) is 7.15. The first-order valence-electron chi connectivity index (χ1n) is 9.14. The molecule has 26 heavy (non-hydrogen) atoms. The van der Waals surface area contributed by atoms with Crippen LogP contribution in [0.1, 0.15) is 30.9 Å². The molecule has 1 aliphatic heterocycles. The predicted molar refractivity (Wildman–Crippen MR) is 94.0 cm³/mol. The molecule has 4 nitrogen and oxygen atoms in total. The number of nitrogens with zero attached hydrogens (tertiary/aromatic N) is 4. The highest BCUT2D eigenvalue weighted by Gasteiger charge is 2.52. The largest absolute Gasteiger partial charge is 0.419 e. The van der Waals surface area contributed by atoms with Crippen molar-refractivity contribution in [3.8, 4) is 0 Å². The summed E-state index contributed by atoms with van der Waals surface area (Å²) >= 11 is 0. The Morgan fingerprint density at radius 3 is 2.19 bits per heavy atom. The minimum atomic E-state index is -4.34. The lowest BCUT2D eigenvalue weighted by Gasteiger charge is -2.40. The van der Waals surface area contributed by atoms with Gasteiger partial charge in [0.25, 0.3) is 0 Å². The zero-order chi connectivity index (χ0) is 18.4. The lowest BCUT2D eigenvalue weighted by atomic mass is 10.1. The van der Waals surface area contributed by atoms with Gasteiger partial charge in [0.05, 0.1) is 11.8 Å². The highest BCUT2D eigenvalue weighted by Crippen LogP contribution is 2.47. The fourth-order valence-corrected chi connectivity index (χ4v) is 3.82. The summed E-state index contributed by atoms with van der Waals surface area (Å²) in [7, 11) is 0. The normalized spacial score (nSPS) is 20.4. The number of anilines is 1. The Bertz CT molecular complexity index is 754. The predicted octanol–water partition coefficient (Wildman–Crippen LogP) is 3.73. The number of aryl methyl sites for hydroxylation is 1. The third-order valence-electron chi connectivity index (χ3n) is 5.61. The molecule has 1 aromatic carbocycles. The van der Waals surface area contributed by atoms with E-state index < -0.39 is 11.7 Å². The van der Waals surface area contributed by atoms with Crippen molar-refractivity contribution >= 4 is 5.69 Å². The first-order valence-corrected chi connectivity index (χ1v) is 9.14. The van der Waals surface area contributed by atoms with E-state index in [2.05, 4.69) is 46.1 Å². The van der Waals surface area contributed by atoms with Crippen LogP contribution in [0, 0.1) is 0 Å². The van der Waals surface area contributed by atoms with Crippen molar-refractivity contribution in [2.75, 3.05) is 31.1 Å². The fraction of sp³-hybridized carbons (Fsp3) is 0.526. The maximum Gasteiger partial charge on any atom is 0.419 e. The highest BCUT2D eigenvalue weighted by atomic mass is 19.4. The molecule has 0 bridgehead atoms. The number of benzene rings is 1. The fourth-order valence-electron chi connectivity index (χ4n) is 3.82. The molecule has 1 aliphatic carbocycles. The molecule has 0 spiro atoms. The van der Waals surface area contributed by atoms with E-state index >= 15 is 0 Å². The van der Waals surface area contributed by atoms with E-state index in [-0.39, 0.29) is 5.66 Å². The lowest BCUT2D eigenvalue weighted by Crippen LogP contribution is -2.52. The van der Waals surface area contributed by atoms with E-state index in [1.165, 1.54) is 15.9 Å². The van der Waals surface area contributed by atoms with Crippen molar-refractivity contribution in [2.45, 2.75) is 38.0 Å². The first-order chi connectivity index (χ1) is 12.4. The topological polar surface area (TPSA) is 24.3 Å². The van der Waals surface area contributed by atoms with Gasteiger partial charge in [-0.3, -0.25) is 9.58 Å². The van der Waals surface area contributed by atoms with Crippen molar-refractivity contribution in [3.05, 3.63) is 47.8 Å². The Morgan fingerprint density at radius 2 is 1.69 bits per heavy atom. The molecule has 0 N–H and O–H groups in total. The highest BCUT2D eigenvalue weighted by molar-refractivity contribution is 5.48. The van der Waals surface area contributed by atoms with Crippen LogP contribution < -0.4 is 4.90 Å². The monoisotopic (exact) mass is 364 g/mol. The van der Waals surface area contributed by atoms with Gasteiger partial charge in [-0.2, -0.15) is 18.3 Å². The summed E-state index contributed by atoms with van der Waals surface area (Å²) in [6.07, 6.45) is 0.501. The summed E-state index contributed by atoms with van der Waals surface area (Å²) in [6, 6.07) is 8.63. The van der Waals surface area contributed by atoms with E-state index in [9.17, 15) is 13.2 Å². The lowest BCUT2D eigenvalue weighted by molar-refractivity contribution is -0.137. The van der Waals surface area contributed by atoms with Crippen LogP contribution in [0.2, 0.25) is 0 Å². The van der Waals surface area contributed by atoms with Crippen LogP contribution in [0.4, 0.5) is 18.9 Å². The molecule has 1 saturated carbocycles. The van der Waals surface area contributed by atoms with Gasteiger partial charge in [-0.25, -0.2) is 0 Å². The van der Waals surface area contributed by atoms with Crippen molar-refractivity contribution in [1.29, 1.82) is 0 Å². The standard InChI is InChI=1S/C19H23F3N4/c1-2-15-3-5-17(6-4-15)24-9-11-25(12-10-24)18(7-8-18)26-14-16(13-23-26)19(20,21)22/h3-6,13-14H,2,7-12H2,1H3. The van der Waals surface area contributed by atoms with Crippen molar-refractivity contribution < 1.29 is 13.2 Å². The summed E-state index contributed by atoms with van der Waals surface area (Å²) < 4.78 is 40.1. The maximum atomic E-state index is 12.9. The molecule has 0 unspecified atom stereocenters. The molecule has 140 valence electrons. The number of alkyl halides is 3. The molecule has 2 fully saturated rings. The molecule has 0 atom stereocenters. The van der Waals surface area contributed by atoms with Crippen LogP contribution in [0.15, 0.2) is 36.7 Å². The van der Waals surface area contributed by atoms with Crippen LogP contribution in [-0.2, 0) is 18.3 Å². The van der Waals surface area contributed by atoms with Gasteiger partial charge in [0, 0.05) is 38.1 Å². The number of aromatic nitrogens is 2. The summed E-state index contributed by atoms with van der Waals surface area (Å²) in [4.78, 5) is 4.63. The van der Waals surface area contributed by atoms with Gasteiger partial charge >= 0.3 is 6.18 Å². The van der Waals surface area contributed by atoms with Crippen LogP contribution in [0.25, 0.3) is 0 Å². The Kier molecular flexibility index (Phi) is 4.22. The molecule has 2 aliphatic rings. The number of piperazine rings is 1. The Hall–Kier alpha value is -2.02. The average Bonchev–Trinajstić information content (AvgIpc) is 3.29. The minimum absolute atomic E-state index is 0.359. The summed E-state index contributed by atoms with van der Waals surface area (Å²) in [6.45, 7) is 5.55. The Balaban J connectivity index is 1.43. The molecular formula is C19H23F3N4. The number of hydrogen-bond donors (Lipinski definition) is 0. The second kappa shape index (κ2) is 6.30. The SMILES string of the molecule is CCc1ccc(N2CCN(C3(n4cc(C(F)(F)F)cn4)CC3)CC2)cc1. The smallest absolute Gasteiger partial charge is 0.369 e. The van der Waals surface area contributed by atoms with Crippen molar-refractivity contribution in [2.24, 2.45) is 0 Å². The van der Waals surface area contributed by atoms with Crippen LogP contribution in [-0.4, -0.2) is 40.9 Å². The third-order valence-corrected chi connectivity index (χ3v) is 5.61. The van der Waals surface area contributed by atoms with Gasteiger partial charge in [0.15, 0.2) is 0 Å². The summed E-state index contributed by atoms with van der Waals surface area (Å²) in [5.74, 6) is 0. The Morgan fingerprint density at radius 1 is 1.04 bits per heavy atom. The van der Waals surface area contributed by atoms with Gasteiger partial charge in [-0.1, -0.05) is 19.1 Å². The molecule has 1 saturated heterocycles. The number of halogens is 3. The molecule has 4 rings (SSSR count). The van der Waals surface area contributed by atoms with Crippen LogP contribution in [0.3, 0.4) is 0 Å². The van der Waals surface area contributed by atoms with E-state index in [1.807, 2.05) is 0 Å².